The molecule has 0 aliphatic heterocycles. The van der Waals surface area contributed by atoms with Crippen LogP contribution in [0.3, 0.4) is 0 Å². The first kappa shape index (κ1) is 18.8. The van der Waals surface area contributed by atoms with Gasteiger partial charge in [-0.05, 0) is 29.8 Å². The van der Waals surface area contributed by atoms with Crippen molar-refractivity contribution in [3.8, 4) is 0 Å². The van der Waals surface area contributed by atoms with Gasteiger partial charge in [-0.25, -0.2) is 0 Å². The number of rotatable bonds is 6. The number of hydrazine groups is 1. The number of amides is 2. The van der Waals surface area contributed by atoms with Crippen molar-refractivity contribution in [2.45, 2.75) is 5.75 Å². The normalized spacial score (nSPS) is 10.1. The zero-order valence-electron chi connectivity index (χ0n) is 12.9. The summed E-state index contributed by atoms with van der Waals surface area (Å²) in [6.07, 6.45) is 0. The minimum absolute atomic E-state index is 0.112. The number of hydrogen-bond acceptors (Lipinski definition) is 5. The maximum absolute atomic E-state index is 11.8. The quantitative estimate of drug-likeness (QED) is 0.593. The summed E-state index contributed by atoms with van der Waals surface area (Å²) in [5, 5.41) is 11.2. The molecule has 0 atom stereocenters. The molecule has 0 aliphatic rings. The van der Waals surface area contributed by atoms with Gasteiger partial charge in [-0.1, -0.05) is 23.7 Å². The molecule has 2 aromatic carbocycles. The van der Waals surface area contributed by atoms with E-state index in [2.05, 4.69) is 10.9 Å². The fourth-order valence-electron chi connectivity index (χ4n) is 1.81. The van der Waals surface area contributed by atoms with E-state index in [1.54, 1.807) is 12.1 Å². The smallest absolute Gasteiger partial charge is 0.269 e. The van der Waals surface area contributed by atoms with Crippen molar-refractivity contribution in [2.24, 2.45) is 0 Å². The van der Waals surface area contributed by atoms with E-state index in [1.165, 1.54) is 36.0 Å². The third-order valence-corrected chi connectivity index (χ3v) is 4.33. The standard InChI is InChI=1S/C16H14ClN3O4S/c17-13-5-1-11(2-6-13)9-25-10-15(21)18-19-16(22)12-3-7-14(8-4-12)20(23)24/h1-8H,9-10H2,(H,18,21)(H,19,22). The number of benzene rings is 2. The second-order valence-electron chi connectivity index (χ2n) is 4.93. The first-order valence-corrected chi connectivity index (χ1v) is 8.65. The highest BCUT2D eigenvalue weighted by Gasteiger charge is 2.10. The molecule has 0 saturated heterocycles. The molecule has 0 unspecified atom stereocenters. The van der Waals surface area contributed by atoms with Crippen LogP contribution in [0.25, 0.3) is 0 Å². The number of halogens is 1. The monoisotopic (exact) mass is 379 g/mol. The summed E-state index contributed by atoms with van der Waals surface area (Å²) in [6.45, 7) is 0. The second-order valence-corrected chi connectivity index (χ2v) is 6.35. The van der Waals surface area contributed by atoms with Gasteiger partial charge in [0.15, 0.2) is 0 Å². The Labute approximate surface area is 152 Å². The number of thioether (sulfide) groups is 1. The highest BCUT2D eigenvalue weighted by molar-refractivity contribution is 7.99. The van der Waals surface area contributed by atoms with Crippen LogP contribution < -0.4 is 10.9 Å². The van der Waals surface area contributed by atoms with Crippen LogP contribution in [0.2, 0.25) is 5.02 Å². The van der Waals surface area contributed by atoms with Crippen molar-refractivity contribution < 1.29 is 14.5 Å². The molecule has 0 aliphatic carbocycles. The van der Waals surface area contributed by atoms with Gasteiger partial charge in [0.2, 0.25) is 5.91 Å². The fourth-order valence-corrected chi connectivity index (χ4v) is 2.73. The highest BCUT2D eigenvalue weighted by atomic mass is 35.5. The molecule has 25 heavy (non-hydrogen) atoms. The molecule has 0 radical (unpaired) electrons. The molecule has 2 rings (SSSR count). The first-order valence-electron chi connectivity index (χ1n) is 7.11. The van der Waals surface area contributed by atoms with Crippen molar-refractivity contribution in [2.75, 3.05) is 5.75 Å². The van der Waals surface area contributed by atoms with E-state index in [1.807, 2.05) is 12.1 Å². The number of nitro groups is 1. The van der Waals surface area contributed by atoms with Crippen LogP contribution in [0.15, 0.2) is 48.5 Å². The third kappa shape index (κ3) is 6.09. The average Bonchev–Trinajstić information content (AvgIpc) is 2.61. The number of nitrogens with zero attached hydrogens (tertiary/aromatic N) is 1. The first-order chi connectivity index (χ1) is 12.0. The maximum atomic E-state index is 11.8. The molecule has 0 heterocycles. The summed E-state index contributed by atoms with van der Waals surface area (Å²) < 4.78 is 0. The molecular weight excluding hydrogens is 366 g/mol. The Balaban J connectivity index is 1.72. The van der Waals surface area contributed by atoms with Gasteiger partial charge in [0.25, 0.3) is 11.6 Å². The molecule has 0 aromatic heterocycles. The third-order valence-electron chi connectivity index (χ3n) is 3.07. The minimum atomic E-state index is -0.554. The summed E-state index contributed by atoms with van der Waals surface area (Å²) in [5.74, 6) is -0.0930. The molecule has 130 valence electrons. The molecule has 0 spiro atoms. The lowest BCUT2D eigenvalue weighted by molar-refractivity contribution is -0.384. The Morgan fingerprint density at radius 2 is 1.68 bits per heavy atom. The number of carbonyl (C=O) groups is 2. The zero-order chi connectivity index (χ0) is 18.2. The zero-order valence-corrected chi connectivity index (χ0v) is 14.5. The van der Waals surface area contributed by atoms with E-state index in [-0.39, 0.29) is 22.9 Å². The fraction of sp³-hybridized carbons (Fsp3) is 0.125. The van der Waals surface area contributed by atoms with Gasteiger partial charge in [-0.3, -0.25) is 30.6 Å². The van der Waals surface area contributed by atoms with Gasteiger partial charge < -0.3 is 0 Å². The van der Waals surface area contributed by atoms with E-state index in [0.29, 0.717) is 10.8 Å². The maximum Gasteiger partial charge on any atom is 0.269 e. The van der Waals surface area contributed by atoms with E-state index in [0.717, 1.165) is 5.56 Å². The molecule has 9 heteroatoms. The van der Waals surface area contributed by atoms with Crippen LogP contribution in [0.5, 0.6) is 0 Å². The Morgan fingerprint density at radius 1 is 1.04 bits per heavy atom. The Hall–Kier alpha value is -2.58. The summed E-state index contributed by atoms with van der Waals surface area (Å²) >= 11 is 7.19. The molecule has 2 aromatic rings. The van der Waals surface area contributed by atoms with Crippen LogP contribution >= 0.6 is 23.4 Å². The summed E-state index contributed by atoms with van der Waals surface area (Å²) in [5.41, 5.74) is 5.70. The number of nitro benzene ring substituents is 1. The summed E-state index contributed by atoms with van der Waals surface area (Å²) in [4.78, 5) is 33.6. The Kier molecular flexibility index (Phi) is 6.79. The van der Waals surface area contributed by atoms with Gasteiger partial charge in [-0.15, -0.1) is 11.8 Å². The second kappa shape index (κ2) is 9.05. The lowest BCUT2D eigenvalue weighted by atomic mass is 10.2. The van der Waals surface area contributed by atoms with Crippen molar-refractivity contribution in [1.82, 2.24) is 10.9 Å². The average molecular weight is 380 g/mol. The Morgan fingerprint density at radius 3 is 2.28 bits per heavy atom. The lowest BCUT2D eigenvalue weighted by Gasteiger charge is -2.07. The van der Waals surface area contributed by atoms with E-state index < -0.39 is 10.8 Å². The van der Waals surface area contributed by atoms with Crippen LogP contribution in [-0.4, -0.2) is 22.5 Å². The van der Waals surface area contributed by atoms with Gasteiger partial charge in [0.1, 0.15) is 0 Å². The van der Waals surface area contributed by atoms with Crippen LogP contribution in [0.4, 0.5) is 5.69 Å². The molecular formula is C16H14ClN3O4S. The molecule has 0 bridgehead atoms. The number of carbonyl (C=O) groups excluding carboxylic acids is 2. The molecule has 0 fully saturated rings. The largest absolute Gasteiger partial charge is 0.272 e. The molecule has 0 saturated carbocycles. The molecule has 2 amide bonds. The number of nitrogens with one attached hydrogen (secondary N) is 2. The number of non-ortho nitro benzene ring substituents is 1. The van der Waals surface area contributed by atoms with Crippen molar-refractivity contribution >= 4 is 40.9 Å². The highest BCUT2D eigenvalue weighted by Crippen LogP contribution is 2.15. The van der Waals surface area contributed by atoms with Crippen molar-refractivity contribution in [3.63, 3.8) is 0 Å². The van der Waals surface area contributed by atoms with Gasteiger partial charge in [-0.2, -0.15) is 0 Å². The SMILES string of the molecule is O=C(CSCc1ccc(Cl)cc1)NNC(=O)c1ccc([N+](=O)[O-])cc1. The van der Waals surface area contributed by atoms with Gasteiger partial charge >= 0.3 is 0 Å². The van der Waals surface area contributed by atoms with E-state index in [9.17, 15) is 19.7 Å². The van der Waals surface area contributed by atoms with Crippen LogP contribution in [-0.2, 0) is 10.5 Å². The lowest BCUT2D eigenvalue weighted by Crippen LogP contribution is -2.42. The van der Waals surface area contributed by atoms with Crippen LogP contribution in [0.1, 0.15) is 15.9 Å². The predicted octanol–water partition coefficient (Wildman–Crippen LogP) is 2.94. The van der Waals surface area contributed by atoms with E-state index in [4.69, 9.17) is 11.6 Å². The van der Waals surface area contributed by atoms with Crippen molar-refractivity contribution in [1.29, 1.82) is 0 Å². The van der Waals surface area contributed by atoms with Crippen molar-refractivity contribution in [3.05, 3.63) is 74.8 Å². The number of hydrogen-bond donors (Lipinski definition) is 2. The van der Waals surface area contributed by atoms with Gasteiger partial charge in [0.05, 0.1) is 10.7 Å². The predicted molar refractivity (Wildman–Crippen MR) is 96.3 cm³/mol. The van der Waals surface area contributed by atoms with Crippen LogP contribution in [0, 0.1) is 10.1 Å². The topological polar surface area (TPSA) is 101 Å². The van der Waals surface area contributed by atoms with Gasteiger partial charge in [0, 0.05) is 28.5 Å². The Bertz CT molecular complexity index is 766. The molecule has 7 nitrogen and oxygen atoms in total. The summed E-state index contributed by atoms with van der Waals surface area (Å²) in [7, 11) is 0. The van der Waals surface area contributed by atoms with E-state index >= 15 is 0 Å². The minimum Gasteiger partial charge on any atom is -0.272 e. The molecule has 2 N–H and O–H groups in total. The summed E-state index contributed by atoms with van der Waals surface area (Å²) in [6, 6.07) is 12.4.